The number of rotatable bonds is 5. The number of amides is 1. The Hall–Kier alpha value is -1.62. The van der Waals surface area contributed by atoms with Crippen molar-refractivity contribution in [2.75, 3.05) is 26.2 Å². The molecular weight excluding hydrogens is 254 g/mol. The second kappa shape index (κ2) is 7.24. The van der Waals surface area contributed by atoms with Gasteiger partial charge in [0.2, 0.25) is 5.56 Å². The molecule has 1 aliphatic rings. The van der Waals surface area contributed by atoms with Gasteiger partial charge >= 0.3 is 0 Å². The molecule has 1 aromatic heterocycles. The first-order valence-electron chi connectivity index (χ1n) is 7.34. The second-order valence-electron chi connectivity index (χ2n) is 5.58. The Labute approximate surface area is 119 Å². The zero-order valence-electron chi connectivity index (χ0n) is 12.0. The number of H-pyrrole nitrogens is 1. The molecule has 1 saturated heterocycles. The van der Waals surface area contributed by atoms with Gasteiger partial charge in [-0.2, -0.15) is 0 Å². The summed E-state index contributed by atoms with van der Waals surface area (Å²) >= 11 is 0. The molecule has 0 bridgehead atoms. The van der Waals surface area contributed by atoms with Crippen molar-refractivity contribution in [3.05, 3.63) is 34.2 Å². The number of carbonyl (C=O) groups excluding carboxylic acids is 1. The lowest BCUT2D eigenvalue weighted by atomic mass is 9.99. The van der Waals surface area contributed by atoms with Crippen LogP contribution in [-0.2, 0) is 0 Å². The van der Waals surface area contributed by atoms with E-state index in [0.29, 0.717) is 12.1 Å². The van der Waals surface area contributed by atoms with Crippen LogP contribution in [-0.4, -0.2) is 42.0 Å². The summed E-state index contributed by atoms with van der Waals surface area (Å²) < 4.78 is 0. The summed E-state index contributed by atoms with van der Waals surface area (Å²) in [5.41, 5.74) is 0.303. The molecule has 0 spiro atoms. The van der Waals surface area contributed by atoms with Crippen LogP contribution in [0.5, 0.6) is 0 Å². The molecule has 0 saturated carbocycles. The van der Waals surface area contributed by atoms with Crippen LogP contribution in [0.3, 0.4) is 0 Å². The summed E-state index contributed by atoms with van der Waals surface area (Å²) in [5.74, 6) is 0.722. The molecule has 110 valence electrons. The Bertz CT molecular complexity index is 470. The van der Waals surface area contributed by atoms with Crippen LogP contribution in [0.1, 0.15) is 36.5 Å². The first-order chi connectivity index (χ1) is 9.65. The van der Waals surface area contributed by atoms with E-state index < -0.39 is 0 Å². The van der Waals surface area contributed by atoms with E-state index in [-0.39, 0.29) is 11.5 Å². The third-order valence-electron chi connectivity index (χ3n) is 3.86. The maximum Gasteiger partial charge on any atom is 0.252 e. The summed E-state index contributed by atoms with van der Waals surface area (Å²) in [6.07, 6.45) is 4.97. The molecule has 0 radical (unpaired) electrons. The predicted molar refractivity (Wildman–Crippen MR) is 78.9 cm³/mol. The molecule has 0 aromatic carbocycles. The third kappa shape index (κ3) is 4.49. The van der Waals surface area contributed by atoms with Gasteiger partial charge in [-0.3, -0.25) is 9.59 Å². The van der Waals surface area contributed by atoms with E-state index in [4.69, 9.17) is 0 Å². The van der Waals surface area contributed by atoms with Gasteiger partial charge in [0.1, 0.15) is 0 Å². The molecule has 1 amide bonds. The summed E-state index contributed by atoms with van der Waals surface area (Å²) in [5, 5.41) is 2.88. The molecule has 1 fully saturated rings. The highest BCUT2D eigenvalue weighted by Crippen LogP contribution is 2.15. The summed E-state index contributed by atoms with van der Waals surface area (Å²) in [7, 11) is 0. The van der Waals surface area contributed by atoms with Crippen LogP contribution in [0.25, 0.3) is 0 Å². The zero-order chi connectivity index (χ0) is 14.4. The monoisotopic (exact) mass is 277 g/mol. The zero-order valence-corrected chi connectivity index (χ0v) is 12.0. The first-order valence-corrected chi connectivity index (χ1v) is 7.34. The van der Waals surface area contributed by atoms with Crippen molar-refractivity contribution >= 4 is 5.91 Å². The standard InChI is InChI=1S/C15H23N3O2/c1-12-5-9-18(10-6-12)8-2-7-16-15(20)13-3-4-14(19)17-11-13/h3-4,11-12H,2,5-10H2,1H3,(H,16,20)(H,17,19). The normalized spacial score (nSPS) is 17.1. The number of hydrogen-bond acceptors (Lipinski definition) is 3. The number of nitrogens with one attached hydrogen (secondary N) is 2. The number of hydrogen-bond donors (Lipinski definition) is 2. The number of piperidine rings is 1. The molecule has 1 aliphatic heterocycles. The van der Waals surface area contributed by atoms with Crippen LogP contribution < -0.4 is 10.9 Å². The van der Waals surface area contributed by atoms with Crippen molar-refractivity contribution in [3.63, 3.8) is 0 Å². The molecule has 20 heavy (non-hydrogen) atoms. The van der Waals surface area contributed by atoms with Crippen LogP contribution >= 0.6 is 0 Å². The lowest BCUT2D eigenvalue weighted by molar-refractivity contribution is 0.0950. The quantitative estimate of drug-likeness (QED) is 0.796. The van der Waals surface area contributed by atoms with E-state index in [1.807, 2.05) is 0 Å². The van der Waals surface area contributed by atoms with Gasteiger partial charge in [-0.15, -0.1) is 0 Å². The fraction of sp³-hybridized carbons (Fsp3) is 0.600. The van der Waals surface area contributed by atoms with Crippen LogP contribution in [0.2, 0.25) is 0 Å². The van der Waals surface area contributed by atoms with Gasteiger partial charge in [-0.25, -0.2) is 0 Å². The van der Waals surface area contributed by atoms with Gasteiger partial charge < -0.3 is 15.2 Å². The van der Waals surface area contributed by atoms with E-state index in [1.165, 1.54) is 38.2 Å². The molecule has 5 nitrogen and oxygen atoms in total. The highest BCUT2D eigenvalue weighted by Gasteiger charge is 2.14. The highest BCUT2D eigenvalue weighted by molar-refractivity contribution is 5.93. The first kappa shape index (κ1) is 14.8. The number of aromatic nitrogens is 1. The van der Waals surface area contributed by atoms with Gasteiger partial charge in [-0.05, 0) is 50.9 Å². The topological polar surface area (TPSA) is 65.2 Å². The average molecular weight is 277 g/mol. The van der Waals surface area contributed by atoms with Crippen LogP contribution in [0, 0.1) is 5.92 Å². The molecule has 2 rings (SSSR count). The van der Waals surface area contributed by atoms with Gasteiger partial charge in [0, 0.05) is 18.8 Å². The molecule has 2 N–H and O–H groups in total. The Morgan fingerprint density at radius 1 is 1.40 bits per heavy atom. The van der Waals surface area contributed by atoms with Crippen molar-refractivity contribution < 1.29 is 4.79 Å². The average Bonchev–Trinajstić information content (AvgIpc) is 2.46. The Morgan fingerprint density at radius 3 is 2.80 bits per heavy atom. The molecule has 2 heterocycles. The molecular formula is C15H23N3O2. The van der Waals surface area contributed by atoms with Crippen molar-refractivity contribution in [2.24, 2.45) is 5.92 Å². The number of pyridine rings is 1. The van der Waals surface area contributed by atoms with Crippen LogP contribution in [0.4, 0.5) is 0 Å². The largest absolute Gasteiger partial charge is 0.352 e. The molecule has 1 aromatic rings. The third-order valence-corrected chi connectivity index (χ3v) is 3.86. The van der Waals surface area contributed by atoms with Crippen molar-refractivity contribution in [1.29, 1.82) is 0 Å². The van der Waals surface area contributed by atoms with Gasteiger partial charge in [0.05, 0.1) is 5.56 Å². The molecule has 0 unspecified atom stereocenters. The van der Waals surface area contributed by atoms with Gasteiger partial charge in [0.15, 0.2) is 0 Å². The van der Waals surface area contributed by atoms with Gasteiger partial charge in [0.25, 0.3) is 5.91 Å². The number of nitrogens with zero attached hydrogens (tertiary/aromatic N) is 1. The Morgan fingerprint density at radius 2 is 2.15 bits per heavy atom. The van der Waals surface area contributed by atoms with Crippen molar-refractivity contribution in [2.45, 2.75) is 26.2 Å². The summed E-state index contributed by atoms with van der Waals surface area (Å²) in [6, 6.07) is 2.91. The maximum absolute atomic E-state index is 11.8. The van der Waals surface area contributed by atoms with Crippen molar-refractivity contribution in [3.8, 4) is 0 Å². The van der Waals surface area contributed by atoms with E-state index >= 15 is 0 Å². The van der Waals surface area contributed by atoms with Gasteiger partial charge in [-0.1, -0.05) is 6.92 Å². The SMILES string of the molecule is CC1CCN(CCCNC(=O)c2ccc(=O)[nH]c2)CC1. The smallest absolute Gasteiger partial charge is 0.252 e. The van der Waals surface area contributed by atoms with E-state index in [9.17, 15) is 9.59 Å². The summed E-state index contributed by atoms with van der Waals surface area (Å²) in [4.78, 5) is 27.7. The number of carbonyl (C=O) groups is 1. The number of likely N-dealkylation sites (tertiary alicyclic amines) is 1. The number of aromatic amines is 1. The fourth-order valence-corrected chi connectivity index (χ4v) is 2.44. The molecule has 0 aliphatic carbocycles. The van der Waals surface area contributed by atoms with Crippen molar-refractivity contribution in [1.82, 2.24) is 15.2 Å². The lowest BCUT2D eigenvalue weighted by Crippen LogP contribution is -2.35. The molecule has 5 heteroatoms. The lowest BCUT2D eigenvalue weighted by Gasteiger charge is -2.30. The predicted octanol–water partition coefficient (Wildman–Crippen LogP) is 1.23. The summed E-state index contributed by atoms with van der Waals surface area (Å²) in [6.45, 7) is 6.37. The Kier molecular flexibility index (Phi) is 5.35. The van der Waals surface area contributed by atoms with E-state index in [1.54, 1.807) is 6.07 Å². The highest BCUT2D eigenvalue weighted by atomic mass is 16.1. The minimum Gasteiger partial charge on any atom is -0.352 e. The van der Waals surface area contributed by atoms with Crippen LogP contribution in [0.15, 0.2) is 23.1 Å². The Balaban J connectivity index is 1.64. The van der Waals surface area contributed by atoms with E-state index in [2.05, 4.69) is 22.1 Å². The maximum atomic E-state index is 11.8. The van der Waals surface area contributed by atoms with E-state index in [0.717, 1.165) is 18.9 Å². The molecule has 0 atom stereocenters. The minimum atomic E-state index is -0.194. The minimum absolute atomic E-state index is 0.131. The second-order valence-corrected chi connectivity index (χ2v) is 5.58. The fourth-order valence-electron chi connectivity index (χ4n) is 2.44.